The lowest BCUT2D eigenvalue weighted by Gasteiger charge is -2.35. The first-order valence-electron chi connectivity index (χ1n) is 7.22. The quantitative estimate of drug-likeness (QED) is 0.867. The normalized spacial score (nSPS) is 18.9. The van der Waals surface area contributed by atoms with E-state index in [1.165, 1.54) is 11.1 Å². The summed E-state index contributed by atoms with van der Waals surface area (Å²) in [6, 6.07) is 8.27. The fourth-order valence-corrected chi connectivity index (χ4v) is 3.03. The molecule has 1 unspecified atom stereocenters. The second kappa shape index (κ2) is 6.84. The molecule has 0 spiro atoms. The van der Waals surface area contributed by atoms with Gasteiger partial charge in [0.15, 0.2) is 0 Å². The van der Waals surface area contributed by atoms with E-state index in [4.69, 9.17) is 18.0 Å². The van der Waals surface area contributed by atoms with Crippen molar-refractivity contribution < 1.29 is 4.79 Å². The van der Waals surface area contributed by atoms with Crippen molar-refractivity contribution in [3.05, 3.63) is 35.4 Å². The maximum absolute atomic E-state index is 12.4. The molecule has 0 radical (unpaired) electrons. The summed E-state index contributed by atoms with van der Waals surface area (Å²) in [5.74, 6) is 0.170. The average Bonchev–Trinajstić information content (AvgIpc) is 2.45. The van der Waals surface area contributed by atoms with Gasteiger partial charge in [-0.1, -0.05) is 42.0 Å². The Morgan fingerprint density at radius 1 is 1.45 bits per heavy atom. The van der Waals surface area contributed by atoms with Crippen LogP contribution >= 0.6 is 12.2 Å². The molecule has 1 aliphatic rings. The van der Waals surface area contributed by atoms with Crippen molar-refractivity contribution in [1.29, 1.82) is 0 Å². The lowest BCUT2D eigenvalue weighted by Crippen LogP contribution is -2.49. The Kier molecular flexibility index (Phi) is 5.12. The lowest BCUT2D eigenvalue weighted by molar-refractivity contribution is -0.133. The molecule has 2 rings (SSSR count). The van der Waals surface area contributed by atoms with Gasteiger partial charge in [-0.25, -0.2) is 0 Å². The van der Waals surface area contributed by atoms with Crippen LogP contribution in [0.4, 0.5) is 0 Å². The van der Waals surface area contributed by atoms with E-state index in [0.29, 0.717) is 11.4 Å². The summed E-state index contributed by atoms with van der Waals surface area (Å²) >= 11 is 5.09. The second-order valence-corrected chi connectivity index (χ2v) is 5.96. The van der Waals surface area contributed by atoms with Gasteiger partial charge < -0.3 is 10.6 Å². The summed E-state index contributed by atoms with van der Waals surface area (Å²) in [6.45, 7) is 2.85. The number of carbonyl (C=O) groups excluding carboxylic acids is 1. The van der Waals surface area contributed by atoms with Crippen LogP contribution in [0.2, 0.25) is 0 Å². The topological polar surface area (TPSA) is 46.3 Å². The summed E-state index contributed by atoms with van der Waals surface area (Å²) in [5, 5.41) is 0. The lowest BCUT2D eigenvalue weighted by atomic mass is 10.0. The van der Waals surface area contributed by atoms with Gasteiger partial charge in [0.2, 0.25) is 5.91 Å². The number of hydrogen-bond acceptors (Lipinski definition) is 2. The Bertz CT molecular complexity index is 501. The molecular weight excluding hydrogens is 268 g/mol. The Morgan fingerprint density at radius 2 is 2.25 bits per heavy atom. The molecule has 0 aliphatic carbocycles. The summed E-state index contributed by atoms with van der Waals surface area (Å²) in [4.78, 5) is 14.7. The first-order valence-corrected chi connectivity index (χ1v) is 7.63. The minimum Gasteiger partial charge on any atom is -0.392 e. The van der Waals surface area contributed by atoms with Crippen molar-refractivity contribution in [3.63, 3.8) is 0 Å². The molecule has 3 nitrogen and oxygen atoms in total. The third kappa shape index (κ3) is 3.79. The number of likely N-dealkylation sites (tertiary alicyclic amines) is 1. The fourth-order valence-electron chi connectivity index (χ4n) is 2.79. The highest BCUT2D eigenvalue weighted by molar-refractivity contribution is 7.80. The van der Waals surface area contributed by atoms with E-state index >= 15 is 0 Å². The highest BCUT2D eigenvalue weighted by Crippen LogP contribution is 2.19. The van der Waals surface area contributed by atoms with Crippen molar-refractivity contribution in [2.75, 3.05) is 6.54 Å². The van der Waals surface area contributed by atoms with E-state index in [1.807, 2.05) is 11.0 Å². The molecule has 2 N–H and O–H groups in total. The highest BCUT2D eigenvalue weighted by atomic mass is 32.1. The van der Waals surface area contributed by atoms with Crippen LogP contribution < -0.4 is 5.73 Å². The van der Waals surface area contributed by atoms with Crippen LogP contribution in [-0.2, 0) is 11.2 Å². The summed E-state index contributed by atoms with van der Waals surface area (Å²) in [5.41, 5.74) is 8.20. The van der Waals surface area contributed by atoms with E-state index in [1.54, 1.807) is 0 Å². The zero-order valence-corrected chi connectivity index (χ0v) is 12.8. The number of carbonyl (C=O) groups is 1. The first-order chi connectivity index (χ1) is 9.58. The maximum Gasteiger partial charge on any atom is 0.223 e. The van der Waals surface area contributed by atoms with E-state index < -0.39 is 0 Å². The zero-order valence-electron chi connectivity index (χ0n) is 12.0. The van der Waals surface area contributed by atoms with Crippen molar-refractivity contribution in [2.24, 2.45) is 5.73 Å². The number of amides is 1. The van der Waals surface area contributed by atoms with Gasteiger partial charge in [-0.2, -0.15) is 0 Å². The minimum atomic E-state index is -0.0382. The van der Waals surface area contributed by atoms with Crippen LogP contribution in [0, 0.1) is 6.92 Å². The van der Waals surface area contributed by atoms with Crippen LogP contribution in [0.1, 0.15) is 36.8 Å². The monoisotopic (exact) mass is 290 g/mol. The summed E-state index contributed by atoms with van der Waals surface area (Å²) < 4.78 is 0. The molecule has 1 fully saturated rings. The fraction of sp³-hybridized carbons (Fsp3) is 0.500. The third-order valence-corrected chi connectivity index (χ3v) is 4.13. The first kappa shape index (κ1) is 15.0. The number of rotatable bonds is 4. The summed E-state index contributed by atoms with van der Waals surface area (Å²) in [6.07, 6.45) is 4.37. The van der Waals surface area contributed by atoms with Crippen LogP contribution in [0.15, 0.2) is 24.3 Å². The molecular formula is C16H22N2OS. The van der Waals surface area contributed by atoms with Gasteiger partial charge in [0.1, 0.15) is 0 Å². The molecule has 108 valence electrons. The molecule has 0 bridgehead atoms. The van der Waals surface area contributed by atoms with Crippen molar-refractivity contribution in [2.45, 2.75) is 45.1 Å². The Morgan fingerprint density at radius 3 is 2.95 bits per heavy atom. The van der Waals surface area contributed by atoms with E-state index in [9.17, 15) is 4.79 Å². The molecule has 1 amide bonds. The number of thiocarbonyl (C=S) groups is 1. The van der Waals surface area contributed by atoms with Gasteiger partial charge in [-0.3, -0.25) is 4.79 Å². The van der Waals surface area contributed by atoms with Gasteiger partial charge in [-0.15, -0.1) is 0 Å². The van der Waals surface area contributed by atoms with Gasteiger partial charge in [0, 0.05) is 13.0 Å². The number of aryl methyl sites for hydroxylation is 2. The van der Waals surface area contributed by atoms with Crippen LogP contribution in [-0.4, -0.2) is 28.4 Å². The highest BCUT2D eigenvalue weighted by Gasteiger charge is 2.28. The van der Waals surface area contributed by atoms with Gasteiger partial charge in [0.25, 0.3) is 0 Å². The van der Waals surface area contributed by atoms with Crippen LogP contribution in [0.5, 0.6) is 0 Å². The van der Waals surface area contributed by atoms with E-state index in [0.717, 1.165) is 32.2 Å². The Hall–Kier alpha value is -1.42. The van der Waals surface area contributed by atoms with Gasteiger partial charge in [0.05, 0.1) is 11.0 Å². The molecule has 0 aromatic heterocycles. The number of nitrogens with two attached hydrogens (primary N) is 1. The average molecular weight is 290 g/mol. The Balaban J connectivity index is 1.95. The standard InChI is InChI=1S/C16H22N2OS/c1-12-5-4-6-13(11-12)8-9-15(19)18-10-3-2-7-14(18)16(17)20/h4-6,11,14H,2-3,7-10H2,1H3,(H2,17,20). The summed E-state index contributed by atoms with van der Waals surface area (Å²) in [7, 11) is 0. The van der Waals surface area contributed by atoms with Crippen LogP contribution in [0.25, 0.3) is 0 Å². The molecule has 1 heterocycles. The minimum absolute atomic E-state index is 0.0382. The molecule has 1 atom stereocenters. The number of piperidine rings is 1. The number of nitrogens with zero attached hydrogens (tertiary/aromatic N) is 1. The predicted molar refractivity (Wildman–Crippen MR) is 85.6 cm³/mol. The number of benzene rings is 1. The maximum atomic E-state index is 12.4. The van der Waals surface area contributed by atoms with Crippen molar-refractivity contribution in [1.82, 2.24) is 4.90 Å². The SMILES string of the molecule is Cc1cccc(CCC(=O)N2CCCCC2C(N)=S)c1. The largest absolute Gasteiger partial charge is 0.392 e. The predicted octanol–water partition coefficient (Wildman–Crippen LogP) is 2.59. The van der Waals surface area contributed by atoms with Crippen molar-refractivity contribution >= 4 is 23.1 Å². The Labute approximate surface area is 126 Å². The van der Waals surface area contributed by atoms with Gasteiger partial charge in [-0.05, 0) is 38.2 Å². The molecule has 1 aliphatic heterocycles. The molecule has 0 saturated carbocycles. The molecule has 1 aromatic rings. The smallest absolute Gasteiger partial charge is 0.223 e. The zero-order chi connectivity index (χ0) is 14.5. The third-order valence-electron chi connectivity index (χ3n) is 3.86. The molecule has 20 heavy (non-hydrogen) atoms. The van der Waals surface area contributed by atoms with Gasteiger partial charge >= 0.3 is 0 Å². The van der Waals surface area contributed by atoms with Crippen molar-refractivity contribution in [3.8, 4) is 0 Å². The van der Waals surface area contributed by atoms with E-state index in [2.05, 4.69) is 25.1 Å². The molecule has 1 aromatic carbocycles. The molecule has 1 saturated heterocycles. The van der Waals surface area contributed by atoms with E-state index in [-0.39, 0.29) is 11.9 Å². The van der Waals surface area contributed by atoms with Crippen LogP contribution in [0.3, 0.4) is 0 Å². The number of hydrogen-bond donors (Lipinski definition) is 1. The second-order valence-electron chi connectivity index (χ2n) is 5.49. The molecule has 4 heteroatoms.